The second kappa shape index (κ2) is 24.0. The number of aromatic nitrogens is 1. The lowest BCUT2D eigenvalue weighted by Gasteiger charge is -2.15. The van der Waals surface area contributed by atoms with Crippen LogP contribution in [0.15, 0.2) is 97.2 Å². The predicted molar refractivity (Wildman–Crippen MR) is 220 cm³/mol. The molecule has 5 rings (SSSR count). The lowest BCUT2D eigenvalue weighted by atomic mass is 10.0. The molecule has 1 atom stereocenters. The largest absolute Gasteiger partial charge is 0.490 e. The van der Waals surface area contributed by atoms with Crippen LogP contribution in [-0.4, -0.2) is 56.6 Å². The highest BCUT2D eigenvalue weighted by atomic mass is 35.5. The molecule has 1 heterocycles. The van der Waals surface area contributed by atoms with Crippen LogP contribution >= 0.6 is 24.8 Å². The third kappa shape index (κ3) is 14.4. The Balaban J connectivity index is 0.000000378. The van der Waals surface area contributed by atoms with Crippen molar-refractivity contribution in [2.75, 3.05) is 39.6 Å². The Morgan fingerprint density at radius 3 is 1.98 bits per heavy atom. The molecule has 0 aliphatic carbocycles. The fourth-order valence-corrected chi connectivity index (χ4v) is 5.72. The Labute approximate surface area is 339 Å². The average Bonchev–Trinajstić information content (AvgIpc) is 3.15. The molecule has 0 radical (unpaired) electrons. The second-order valence-corrected chi connectivity index (χ2v) is 12.2. The highest BCUT2D eigenvalue weighted by Crippen LogP contribution is 2.35. The van der Waals surface area contributed by atoms with E-state index in [4.69, 9.17) is 23.7 Å². The number of nitrogens with one attached hydrogen (secondary N) is 1. The van der Waals surface area contributed by atoms with E-state index in [0.717, 1.165) is 57.2 Å². The first-order chi connectivity index (χ1) is 26.1. The van der Waals surface area contributed by atoms with Gasteiger partial charge in [0.15, 0.2) is 23.0 Å². The van der Waals surface area contributed by atoms with Crippen molar-refractivity contribution in [2.24, 2.45) is 0 Å². The number of ether oxygens (including phenoxy) is 5. The standard InChI is InChI=1S/C24H29NO4.C19H20F3NO2.2ClH/c1-5-26-21-10-9-17(14-22(21)27-6-2)13-20-19-16-24(29-8-4)23(28-7-3)15-18(19)11-12-25-20;1-14(12-15-6-5-9-17(13-15)19(20,21)22)23-10-11-25-18(24)16-7-3-2-4-8-16;;/h9-12,14-16H,5-8,13H2,1-4H3;2-9,13-14,23H,10-12H2,1H3;2*1H. The molecule has 0 saturated carbocycles. The Morgan fingerprint density at radius 2 is 1.34 bits per heavy atom. The molecule has 0 amide bonds. The van der Waals surface area contributed by atoms with E-state index in [0.29, 0.717) is 56.9 Å². The van der Waals surface area contributed by atoms with Crippen molar-refractivity contribution in [2.45, 2.75) is 59.7 Å². The van der Waals surface area contributed by atoms with E-state index in [-0.39, 0.29) is 37.5 Å². The smallest absolute Gasteiger partial charge is 0.416 e. The Kier molecular flexibility index (Phi) is 20.4. The first kappa shape index (κ1) is 47.4. The summed E-state index contributed by atoms with van der Waals surface area (Å²) in [5, 5.41) is 5.28. The van der Waals surface area contributed by atoms with Crippen LogP contribution in [0.3, 0.4) is 0 Å². The number of hydrogen-bond donors (Lipinski definition) is 1. The molecule has 1 N–H and O–H groups in total. The van der Waals surface area contributed by atoms with Gasteiger partial charge in [-0.1, -0.05) is 42.5 Å². The summed E-state index contributed by atoms with van der Waals surface area (Å²) in [4.78, 5) is 16.4. The number of hydrogen-bond acceptors (Lipinski definition) is 8. The molecule has 0 bridgehead atoms. The molecule has 1 unspecified atom stereocenters. The van der Waals surface area contributed by atoms with Gasteiger partial charge in [-0.3, -0.25) is 4.98 Å². The first-order valence-corrected chi connectivity index (χ1v) is 18.2. The summed E-state index contributed by atoms with van der Waals surface area (Å²) in [5.74, 6) is 2.65. The number of carbonyl (C=O) groups excluding carboxylic acids is 1. The molecule has 0 fully saturated rings. The third-order valence-corrected chi connectivity index (χ3v) is 8.12. The molecule has 4 aromatic carbocycles. The number of alkyl halides is 3. The molecule has 56 heavy (non-hydrogen) atoms. The SMILES string of the molecule is CC(Cc1cccc(C(F)(F)F)c1)NCCOC(=O)c1ccccc1.CCOc1ccc(Cc2nccc3cc(OCC)c(OCC)cc23)cc1OCC.Cl.Cl. The number of halogens is 5. The summed E-state index contributed by atoms with van der Waals surface area (Å²) in [6.07, 6.45) is -1.36. The Hall–Kier alpha value is -4.71. The maximum absolute atomic E-state index is 12.7. The molecule has 304 valence electrons. The van der Waals surface area contributed by atoms with Crippen LogP contribution in [0.2, 0.25) is 0 Å². The Bertz CT molecular complexity index is 1930. The van der Waals surface area contributed by atoms with Crippen LogP contribution in [0.1, 0.15) is 67.4 Å². The van der Waals surface area contributed by atoms with Crippen LogP contribution in [0.5, 0.6) is 23.0 Å². The van der Waals surface area contributed by atoms with E-state index in [9.17, 15) is 18.0 Å². The summed E-state index contributed by atoms with van der Waals surface area (Å²) in [6, 6.07) is 26.0. The zero-order valence-corrected chi connectivity index (χ0v) is 34.0. The van der Waals surface area contributed by atoms with Gasteiger partial charge in [-0.05, 0) is 106 Å². The van der Waals surface area contributed by atoms with Gasteiger partial charge in [0.1, 0.15) is 6.61 Å². The predicted octanol–water partition coefficient (Wildman–Crippen LogP) is 10.3. The van der Waals surface area contributed by atoms with E-state index >= 15 is 0 Å². The highest BCUT2D eigenvalue weighted by molar-refractivity contribution is 5.89. The van der Waals surface area contributed by atoms with Crippen LogP contribution in [0.4, 0.5) is 13.2 Å². The van der Waals surface area contributed by atoms with E-state index in [2.05, 4.69) is 16.4 Å². The molecule has 1 aromatic heterocycles. The number of rotatable bonds is 17. The molecule has 13 heteroatoms. The molecule has 5 aromatic rings. The minimum Gasteiger partial charge on any atom is -0.490 e. The lowest BCUT2D eigenvalue weighted by molar-refractivity contribution is -0.137. The maximum atomic E-state index is 12.7. The highest BCUT2D eigenvalue weighted by Gasteiger charge is 2.30. The van der Waals surface area contributed by atoms with Crippen molar-refractivity contribution in [1.29, 1.82) is 0 Å². The van der Waals surface area contributed by atoms with Gasteiger partial charge >= 0.3 is 12.1 Å². The number of carbonyl (C=O) groups is 1. The number of fused-ring (bicyclic) bond motifs is 1. The molecule has 0 aliphatic heterocycles. The molecular weight excluding hydrogens is 768 g/mol. The normalized spacial score (nSPS) is 11.2. The van der Waals surface area contributed by atoms with Gasteiger partial charge in [-0.25, -0.2) is 4.79 Å². The zero-order valence-electron chi connectivity index (χ0n) is 32.3. The van der Waals surface area contributed by atoms with E-state index in [1.807, 2.05) is 77.2 Å². The van der Waals surface area contributed by atoms with Gasteiger partial charge in [0, 0.05) is 30.6 Å². The summed E-state index contributed by atoms with van der Waals surface area (Å²) in [6.45, 7) is 12.8. The van der Waals surface area contributed by atoms with E-state index < -0.39 is 17.7 Å². The average molecular weight is 820 g/mol. The van der Waals surface area contributed by atoms with Crippen molar-refractivity contribution in [3.05, 3.63) is 125 Å². The topological polar surface area (TPSA) is 88.1 Å². The fraction of sp³-hybridized carbons (Fsp3) is 0.349. The third-order valence-electron chi connectivity index (χ3n) is 8.12. The number of pyridine rings is 1. The summed E-state index contributed by atoms with van der Waals surface area (Å²) in [7, 11) is 0. The minimum absolute atomic E-state index is 0. The van der Waals surface area contributed by atoms with Crippen LogP contribution in [0, 0.1) is 0 Å². The Morgan fingerprint density at radius 1 is 0.714 bits per heavy atom. The molecule has 0 aliphatic rings. The van der Waals surface area contributed by atoms with E-state index in [1.54, 1.807) is 30.3 Å². The second-order valence-electron chi connectivity index (χ2n) is 12.2. The fourth-order valence-electron chi connectivity index (χ4n) is 5.72. The zero-order chi connectivity index (χ0) is 38.9. The molecule has 8 nitrogen and oxygen atoms in total. The lowest BCUT2D eigenvalue weighted by Crippen LogP contribution is -2.31. The van der Waals surface area contributed by atoms with Crippen LogP contribution in [0.25, 0.3) is 10.8 Å². The van der Waals surface area contributed by atoms with Crippen LogP contribution in [-0.2, 0) is 23.8 Å². The van der Waals surface area contributed by atoms with Gasteiger partial charge in [0.25, 0.3) is 0 Å². The summed E-state index contributed by atoms with van der Waals surface area (Å²) in [5.41, 5.74) is 2.55. The molecule has 0 saturated heterocycles. The monoisotopic (exact) mass is 818 g/mol. The van der Waals surface area contributed by atoms with Crippen molar-refractivity contribution in [3.8, 4) is 23.0 Å². The van der Waals surface area contributed by atoms with Crippen molar-refractivity contribution >= 4 is 41.6 Å². The maximum Gasteiger partial charge on any atom is 0.416 e. The summed E-state index contributed by atoms with van der Waals surface area (Å²) < 4.78 is 66.3. The van der Waals surface area contributed by atoms with Crippen LogP contribution < -0.4 is 24.3 Å². The van der Waals surface area contributed by atoms with Crippen molar-refractivity contribution in [1.82, 2.24) is 10.3 Å². The van der Waals surface area contributed by atoms with Gasteiger partial charge in [0.2, 0.25) is 0 Å². The minimum atomic E-state index is -4.34. The summed E-state index contributed by atoms with van der Waals surface area (Å²) >= 11 is 0. The van der Waals surface area contributed by atoms with Gasteiger partial charge in [-0.15, -0.1) is 24.8 Å². The first-order valence-electron chi connectivity index (χ1n) is 18.2. The quantitative estimate of drug-likeness (QED) is 0.0733. The van der Waals surface area contributed by atoms with Crippen molar-refractivity contribution < 1.29 is 41.7 Å². The number of esters is 1. The molecular formula is C43H51Cl2F3N2O6. The number of benzene rings is 4. The van der Waals surface area contributed by atoms with E-state index in [1.165, 1.54) is 6.07 Å². The van der Waals surface area contributed by atoms with Gasteiger partial charge in [-0.2, -0.15) is 13.2 Å². The molecule has 0 spiro atoms. The van der Waals surface area contributed by atoms with Gasteiger partial charge in [0.05, 0.1) is 43.2 Å². The van der Waals surface area contributed by atoms with Gasteiger partial charge < -0.3 is 29.0 Å². The van der Waals surface area contributed by atoms with Crippen molar-refractivity contribution in [3.63, 3.8) is 0 Å². The number of nitrogens with zero attached hydrogens (tertiary/aromatic N) is 1.